The molecule has 4 nitrogen and oxygen atoms in total. The lowest BCUT2D eigenvalue weighted by atomic mass is 10.0. The third kappa shape index (κ3) is 3.59. The van der Waals surface area contributed by atoms with Gasteiger partial charge in [-0.2, -0.15) is 0 Å². The number of carboxylic acid groups (broad SMARTS) is 1. The van der Waals surface area contributed by atoms with Crippen LogP contribution in [0.2, 0.25) is 0 Å². The van der Waals surface area contributed by atoms with Crippen LogP contribution in [0.1, 0.15) is 31.9 Å². The smallest absolute Gasteiger partial charge is 0.330 e. The van der Waals surface area contributed by atoms with Gasteiger partial charge in [-0.25, -0.2) is 4.79 Å². The quantitative estimate of drug-likeness (QED) is 0.820. The van der Waals surface area contributed by atoms with Crippen molar-refractivity contribution in [2.24, 2.45) is 5.92 Å². The van der Waals surface area contributed by atoms with Crippen molar-refractivity contribution in [3.63, 3.8) is 0 Å². The standard InChI is InChI=1S/C13H17NO3/c1-3-9(2)12(15)14-11(13(16)17)10-7-5-4-6-8-10/h4-9,11H,3H2,1-2H3,(H,14,15)(H,16,17)/t9?,11-/m0/s1. The van der Waals surface area contributed by atoms with Crippen molar-refractivity contribution < 1.29 is 14.7 Å². The summed E-state index contributed by atoms with van der Waals surface area (Å²) in [4.78, 5) is 22.8. The van der Waals surface area contributed by atoms with Crippen molar-refractivity contribution in [2.45, 2.75) is 26.3 Å². The fraction of sp³-hybridized carbons (Fsp3) is 0.385. The molecule has 92 valence electrons. The number of nitrogens with one attached hydrogen (secondary N) is 1. The largest absolute Gasteiger partial charge is 0.479 e. The molecule has 1 aromatic rings. The number of carbonyl (C=O) groups is 2. The minimum atomic E-state index is -1.05. The van der Waals surface area contributed by atoms with E-state index in [0.717, 1.165) is 0 Å². The van der Waals surface area contributed by atoms with Gasteiger partial charge in [0.05, 0.1) is 0 Å². The maximum atomic E-state index is 11.7. The van der Waals surface area contributed by atoms with Gasteiger partial charge in [-0.3, -0.25) is 4.79 Å². The number of aliphatic carboxylic acids is 1. The Morgan fingerprint density at radius 3 is 2.35 bits per heavy atom. The maximum absolute atomic E-state index is 11.7. The molecule has 0 spiro atoms. The molecule has 1 unspecified atom stereocenters. The number of carbonyl (C=O) groups excluding carboxylic acids is 1. The molecule has 17 heavy (non-hydrogen) atoms. The van der Waals surface area contributed by atoms with Gasteiger partial charge in [0, 0.05) is 5.92 Å². The summed E-state index contributed by atoms with van der Waals surface area (Å²) >= 11 is 0. The van der Waals surface area contributed by atoms with Crippen LogP contribution in [0.5, 0.6) is 0 Å². The van der Waals surface area contributed by atoms with E-state index in [1.807, 2.05) is 6.92 Å². The molecule has 0 aromatic heterocycles. The summed E-state index contributed by atoms with van der Waals surface area (Å²) in [5.41, 5.74) is 0.580. The number of hydrogen-bond acceptors (Lipinski definition) is 2. The van der Waals surface area contributed by atoms with Gasteiger partial charge in [-0.1, -0.05) is 44.2 Å². The highest BCUT2D eigenvalue weighted by Crippen LogP contribution is 2.14. The van der Waals surface area contributed by atoms with E-state index in [-0.39, 0.29) is 11.8 Å². The van der Waals surface area contributed by atoms with Gasteiger partial charge in [-0.05, 0) is 12.0 Å². The first-order valence-electron chi connectivity index (χ1n) is 5.64. The molecule has 0 radical (unpaired) electrons. The van der Waals surface area contributed by atoms with Crippen LogP contribution < -0.4 is 5.32 Å². The molecule has 0 aliphatic rings. The Balaban J connectivity index is 2.82. The lowest BCUT2D eigenvalue weighted by Crippen LogP contribution is -2.36. The van der Waals surface area contributed by atoms with E-state index in [1.54, 1.807) is 37.3 Å². The van der Waals surface area contributed by atoms with Crippen molar-refractivity contribution >= 4 is 11.9 Å². The van der Waals surface area contributed by atoms with Gasteiger partial charge in [0.25, 0.3) is 0 Å². The number of benzene rings is 1. The summed E-state index contributed by atoms with van der Waals surface area (Å²) in [5.74, 6) is -1.46. The zero-order chi connectivity index (χ0) is 12.8. The summed E-state index contributed by atoms with van der Waals surface area (Å²) in [6.07, 6.45) is 0.687. The van der Waals surface area contributed by atoms with Crippen LogP contribution >= 0.6 is 0 Å². The highest BCUT2D eigenvalue weighted by molar-refractivity contribution is 5.85. The van der Waals surface area contributed by atoms with Crippen LogP contribution in [0.3, 0.4) is 0 Å². The summed E-state index contributed by atoms with van der Waals surface area (Å²) < 4.78 is 0. The lowest BCUT2D eigenvalue weighted by molar-refractivity contribution is -0.142. The molecule has 2 atom stereocenters. The molecular formula is C13H17NO3. The van der Waals surface area contributed by atoms with E-state index in [2.05, 4.69) is 5.32 Å². The molecule has 0 fully saturated rings. The molecule has 0 heterocycles. The van der Waals surface area contributed by atoms with E-state index in [4.69, 9.17) is 5.11 Å². The van der Waals surface area contributed by atoms with Crippen LogP contribution in [0, 0.1) is 5.92 Å². The van der Waals surface area contributed by atoms with Crippen LogP contribution in [0.15, 0.2) is 30.3 Å². The minimum Gasteiger partial charge on any atom is -0.479 e. The van der Waals surface area contributed by atoms with Crippen LogP contribution in [0.4, 0.5) is 0 Å². The summed E-state index contributed by atoms with van der Waals surface area (Å²) in [6, 6.07) is 7.71. The van der Waals surface area contributed by atoms with Gasteiger partial charge in [0.2, 0.25) is 5.91 Å². The fourth-order valence-electron chi connectivity index (χ4n) is 1.40. The molecule has 2 N–H and O–H groups in total. The SMILES string of the molecule is CCC(C)C(=O)N[C@H](C(=O)O)c1ccccc1. The first kappa shape index (κ1) is 13.2. The highest BCUT2D eigenvalue weighted by Gasteiger charge is 2.23. The molecule has 0 aliphatic carbocycles. The highest BCUT2D eigenvalue weighted by atomic mass is 16.4. The lowest BCUT2D eigenvalue weighted by Gasteiger charge is -2.17. The van der Waals surface area contributed by atoms with Crippen LogP contribution in [-0.4, -0.2) is 17.0 Å². The average molecular weight is 235 g/mol. The first-order chi connectivity index (χ1) is 8.06. The second-order valence-corrected chi connectivity index (χ2v) is 4.00. The normalized spacial score (nSPS) is 13.8. The summed E-state index contributed by atoms with van der Waals surface area (Å²) in [7, 11) is 0. The molecule has 0 aliphatic heterocycles. The zero-order valence-electron chi connectivity index (χ0n) is 10.0. The zero-order valence-corrected chi connectivity index (χ0v) is 10.0. The molecule has 0 saturated carbocycles. The van der Waals surface area contributed by atoms with E-state index in [9.17, 15) is 9.59 Å². The second-order valence-electron chi connectivity index (χ2n) is 4.00. The Labute approximate surface area is 101 Å². The Morgan fingerprint density at radius 1 is 1.29 bits per heavy atom. The third-order valence-corrected chi connectivity index (χ3v) is 2.73. The fourth-order valence-corrected chi connectivity index (χ4v) is 1.40. The predicted octanol–water partition coefficient (Wildman–Crippen LogP) is 1.97. The monoisotopic (exact) mass is 235 g/mol. The van der Waals surface area contributed by atoms with Crippen molar-refractivity contribution in [3.05, 3.63) is 35.9 Å². The number of amides is 1. The van der Waals surface area contributed by atoms with Crippen LogP contribution in [-0.2, 0) is 9.59 Å². The minimum absolute atomic E-state index is 0.180. The molecule has 0 bridgehead atoms. The molecule has 1 rings (SSSR count). The van der Waals surface area contributed by atoms with Crippen LogP contribution in [0.25, 0.3) is 0 Å². The topological polar surface area (TPSA) is 66.4 Å². The van der Waals surface area contributed by atoms with E-state index in [0.29, 0.717) is 12.0 Å². The van der Waals surface area contributed by atoms with E-state index >= 15 is 0 Å². The number of rotatable bonds is 5. The summed E-state index contributed by atoms with van der Waals surface area (Å²) in [6.45, 7) is 3.67. The summed E-state index contributed by atoms with van der Waals surface area (Å²) in [5, 5.41) is 11.7. The van der Waals surface area contributed by atoms with Crippen molar-refractivity contribution in [3.8, 4) is 0 Å². The Morgan fingerprint density at radius 2 is 1.88 bits per heavy atom. The Hall–Kier alpha value is -1.84. The maximum Gasteiger partial charge on any atom is 0.330 e. The average Bonchev–Trinajstić information content (AvgIpc) is 2.35. The van der Waals surface area contributed by atoms with Crippen molar-refractivity contribution in [1.29, 1.82) is 0 Å². The van der Waals surface area contributed by atoms with E-state index < -0.39 is 12.0 Å². The van der Waals surface area contributed by atoms with Gasteiger partial charge >= 0.3 is 5.97 Å². The molecule has 1 aromatic carbocycles. The number of hydrogen-bond donors (Lipinski definition) is 2. The Kier molecular flexibility index (Phi) is 4.69. The molecule has 1 amide bonds. The second kappa shape index (κ2) is 6.03. The van der Waals surface area contributed by atoms with Gasteiger partial charge in [-0.15, -0.1) is 0 Å². The molecule has 0 saturated heterocycles. The van der Waals surface area contributed by atoms with Gasteiger partial charge in [0.15, 0.2) is 6.04 Å². The first-order valence-corrected chi connectivity index (χ1v) is 5.64. The number of carboxylic acids is 1. The van der Waals surface area contributed by atoms with Crippen molar-refractivity contribution in [1.82, 2.24) is 5.32 Å². The third-order valence-electron chi connectivity index (χ3n) is 2.73. The van der Waals surface area contributed by atoms with Gasteiger partial charge in [0.1, 0.15) is 0 Å². The van der Waals surface area contributed by atoms with Gasteiger partial charge < -0.3 is 10.4 Å². The molecular weight excluding hydrogens is 218 g/mol. The Bertz CT molecular complexity index is 389. The van der Waals surface area contributed by atoms with Crippen molar-refractivity contribution in [2.75, 3.05) is 0 Å². The van der Waals surface area contributed by atoms with E-state index in [1.165, 1.54) is 0 Å². The molecule has 4 heteroatoms. The predicted molar refractivity (Wildman–Crippen MR) is 64.4 cm³/mol.